The number of ether oxygens (including phenoxy) is 1. The first-order valence-corrected chi connectivity index (χ1v) is 9.68. The Bertz CT molecular complexity index is 962. The van der Waals surface area contributed by atoms with Crippen LogP contribution in [0.15, 0.2) is 18.5 Å². The maximum Gasteiger partial charge on any atom is 0.356 e. The molecule has 2 heterocycles. The smallest absolute Gasteiger partial charge is 0.356 e. The Morgan fingerprint density at radius 1 is 1.43 bits per heavy atom. The summed E-state index contributed by atoms with van der Waals surface area (Å²) in [5, 5.41) is 13.5. The molecule has 0 saturated carbocycles. The molecule has 2 aromatic rings. The zero-order valence-corrected chi connectivity index (χ0v) is 19.5. The van der Waals surface area contributed by atoms with E-state index in [2.05, 4.69) is 21.7 Å². The summed E-state index contributed by atoms with van der Waals surface area (Å²) in [6.45, 7) is 10.9. The Hall–Kier alpha value is -2.42. The number of esters is 1. The lowest BCUT2D eigenvalue weighted by molar-refractivity contribution is -0.697. The van der Waals surface area contributed by atoms with Gasteiger partial charge in [-0.25, -0.2) is 15.9 Å². The molecule has 0 atom stereocenters. The van der Waals surface area contributed by atoms with Crippen molar-refractivity contribution in [2.24, 2.45) is 0 Å². The monoisotopic (exact) mass is 494 g/mol. The highest BCUT2D eigenvalue weighted by Crippen LogP contribution is 2.34. The van der Waals surface area contributed by atoms with Crippen LogP contribution in [0.1, 0.15) is 47.8 Å². The lowest BCUT2D eigenvalue weighted by Gasteiger charge is -2.14. The number of fused-ring (bicyclic) bond motifs is 3. The number of pyridine rings is 1. The van der Waals surface area contributed by atoms with Gasteiger partial charge in [-0.05, 0) is 26.2 Å². The molecule has 9 heteroatoms. The zero-order valence-electron chi connectivity index (χ0n) is 17.0. The van der Waals surface area contributed by atoms with Crippen molar-refractivity contribution in [1.29, 1.82) is 5.26 Å². The summed E-state index contributed by atoms with van der Waals surface area (Å²) in [6.07, 6.45) is 7.61. The molecule has 2 aromatic heterocycles. The van der Waals surface area contributed by atoms with Crippen molar-refractivity contribution in [2.75, 3.05) is 13.2 Å². The van der Waals surface area contributed by atoms with E-state index in [9.17, 15) is 4.79 Å². The van der Waals surface area contributed by atoms with Gasteiger partial charge in [0.15, 0.2) is 18.9 Å². The highest BCUT2D eigenvalue weighted by atomic mass is 79.9. The van der Waals surface area contributed by atoms with Crippen molar-refractivity contribution in [3.05, 3.63) is 46.7 Å². The summed E-state index contributed by atoms with van der Waals surface area (Å²) in [4.78, 5) is 16.0. The number of carbonyl (C=O) groups is 1. The lowest BCUT2D eigenvalue weighted by atomic mass is 9.90. The van der Waals surface area contributed by atoms with E-state index in [1.54, 1.807) is 11.6 Å². The Morgan fingerprint density at radius 3 is 2.93 bits per heavy atom. The van der Waals surface area contributed by atoms with Crippen LogP contribution in [0.2, 0.25) is 0 Å². The van der Waals surface area contributed by atoms with Crippen LogP contribution in [0.4, 0.5) is 0 Å². The van der Waals surface area contributed by atoms with Gasteiger partial charge in [0.2, 0.25) is 6.54 Å². The molecule has 0 saturated heterocycles. The summed E-state index contributed by atoms with van der Waals surface area (Å²) in [5.74, 6) is -0.346. The van der Waals surface area contributed by atoms with Crippen molar-refractivity contribution < 1.29 is 14.1 Å². The standard InChI is InChI=1S/C21H24N5O2.BrH.ClH/c1-3-28-21(27)20-18-8-7-16-15-25(12-6-11-23-2)14-9-17(16)19(18)24-26(20)13-5-4-10-22;;/h9,14-15H,3-8,11-13H2,1H3;2*1H/q+1;;. The Balaban J connectivity index is 0.00000225. The molecule has 1 aliphatic carbocycles. The molecule has 0 aliphatic heterocycles. The normalized spacial score (nSPS) is 11.0. The number of hydrogen-bond donors (Lipinski definition) is 0. The van der Waals surface area contributed by atoms with Crippen molar-refractivity contribution >= 4 is 35.4 Å². The minimum atomic E-state index is -0.346. The van der Waals surface area contributed by atoms with E-state index < -0.39 is 0 Å². The maximum absolute atomic E-state index is 12.6. The average Bonchev–Trinajstić information content (AvgIpc) is 3.07. The van der Waals surface area contributed by atoms with Gasteiger partial charge in [-0.2, -0.15) is 10.4 Å². The van der Waals surface area contributed by atoms with Gasteiger partial charge < -0.3 is 9.58 Å². The van der Waals surface area contributed by atoms with Crippen LogP contribution in [0.5, 0.6) is 0 Å². The molecule has 0 fully saturated rings. The predicted octanol–water partition coefficient (Wildman–Crippen LogP) is 3.73. The highest BCUT2D eigenvalue weighted by molar-refractivity contribution is 8.93. The molecular weight excluding hydrogens is 470 g/mol. The van der Waals surface area contributed by atoms with Crippen LogP contribution >= 0.6 is 29.4 Å². The minimum absolute atomic E-state index is 0. The van der Waals surface area contributed by atoms with E-state index in [0.29, 0.717) is 38.2 Å². The van der Waals surface area contributed by atoms with Gasteiger partial charge in [-0.1, -0.05) is 0 Å². The number of aromatic nitrogens is 3. The first kappa shape index (κ1) is 25.6. The summed E-state index contributed by atoms with van der Waals surface area (Å²) in [7, 11) is 0. The molecule has 7 nitrogen and oxygen atoms in total. The molecule has 0 unspecified atom stereocenters. The van der Waals surface area contributed by atoms with Gasteiger partial charge >= 0.3 is 5.97 Å². The number of hydrogen-bond acceptors (Lipinski definition) is 4. The first-order chi connectivity index (χ1) is 13.7. The number of rotatable bonds is 8. The van der Waals surface area contributed by atoms with Crippen LogP contribution in [0.25, 0.3) is 16.1 Å². The first-order valence-electron chi connectivity index (χ1n) is 9.68. The van der Waals surface area contributed by atoms with E-state index in [0.717, 1.165) is 42.6 Å². The van der Waals surface area contributed by atoms with Crippen LogP contribution in [-0.4, -0.2) is 28.9 Å². The second-order valence-corrected chi connectivity index (χ2v) is 6.74. The zero-order chi connectivity index (χ0) is 19.9. The van der Waals surface area contributed by atoms with Crippen LogP contribution in [0, 0.1) is 17.9 Å². The summed E-state index contributed by atoms with van der Waals surface area (Å²) < 4.78 is 9.10. The number of nitrogens with zero attached hydrogens (tertiary/aromatic N) is 5. The van der Waals surface area contributed by atoms with Gasteiger partial charge in [0.05, 0.1) is 24.8 Å². The largest absolute Gasteiger partial charge is 0.461 e. The fraction of sp³-hybridized carbons (Fsp3) is 0.476. The Morgan fingerprint density at radius 2 is 2.23 bits per heavy atom. The summed E-state index contributed by atoms with van der Waals surface area (Å²) in [5.41, 5.74) is 4.56. The number of halogens is 2. The van der Waals surface area contributed by atoms with Crippen molar-refractivity contribution in [3.63, 3.8) is 0 Å². The maximum atomic E-state index is 12.6. The third-order valence-electron chi connectivity index (χ3n) is 4.86. The Kier molecular flexibility index (Phi) is 10.5. The molecule has 0 spiro atoms. The lowest BCUT2D eigenvalue weighted by Crippen LogP contribution is -2.34. The Labute approximate surface area is 193 Å². The molecule has 0 radical (unpaired) electrons. The molecule has 0 amide bonds. The van der Waals surface area contributed by atoms with Gasteiger partial charge in [0, 0.05) is 35.7 Å². The number of nitriles is 1. The third kappa shape index (κ3) is 5.59. The van der Waals surface area contributed by atoms with Crippen molar-refractivity contribution in [3.8, 4) is 17.3 Å². The molecule has 30 heavy (non-hydrogen) atoms. The van der Waals surface area contributed by atoms with E-state index in [1.807, 2.05) is 12.3 Å². The van der Waals surface area contributed by atoms with Crippen LogP contribution in [0.3, 0.4) is 0 Å². The minimum Gasteiger partial charge on any atom is -0.461 e. The van der Waals surface area contributed by atoms with Crippen LogP contribution in [-0.2, 0) is 30.7 Å². The van der Waals surface area contributed by atoms with E-state index in [4.69, 9.17) is 21.7 Å². The molecule has 1 aliphatic rings. The second-order valence-electron chi connectivity index (χ2n) is 6.74. The molecular formula is C21H26BrClN5O2+. The third-order valence-corrected chi connectivity index (χ3v) is 4.86. The number of carbonyl (C=O) groups excluding carboxylic acids is 1. The topological polar surface area (TPSA) is 76.2 Å². The van der Waals surface area contributed by atoms with Gasteiger partial charge in [0.1, 0.15) is 5.69 Å². The van der Waals surface area contributed by atoms with E-state index in [1.165, 1.54) is 5.56 Å². The molecule has 160 valence electrons. The quantitative estimate of drug-likeness (QED) is 0.242. The van der Waals surface area contributed by atoms with Gasteiger partial charge in [-0.15, -0.1) is 29.4 Å². The molecule has 0 aromatic carbocycles. The van der Waals surface area contributed by atoms with Crippen molar-refractivity contribution in [2.45, 2.75) is 52.1 Å². The van der Waals surface area contributed by atoms with Crippen LogP contribution < -0.4 is 4.57 Å². The second kappa shape index (κ2) is 12.3. The predicted molar refractivity (Wildman–Crippen MR) is 120 cm³/mol. The molecule has 0 bridgehead atoms. The molecule has 3 rings (SSSR count). The summed E-state index contributed by atoms with van der Waals surface area (Å²) >= 11 is 0. The van der Waals surface area contributed by atoms with E-state index >= 15 is 0 Å². The van der Waals surface area contributed by atoms with E-state index in [-0.39, 0.29) is 35.4 Å². The number of aryl methyl sites for hydroxylation is 3. The fourth-order valence-electron chi connectivity index (χ4n) is 3.60. The van der Waals surface area contributed by atoms with Crippen molar-refractivity contribution in [1.82, 2.24) is 9.78 Å². The van der Waals surface area contributed by atoms with Gasteiger partial charge in [0.25, 0.3) is 0 Å². The van der Waals surface area contributed by atoms with Gasteiger partial charge in [-0.3, -0.25) is 4.68 Å². The summed E-state index contributed by atoms with van der Waals surface area (Å²) in [6, 6.07) is 4.19. The SMILES string of the molecule is Br.Cl.[C-]#[N+]CCC[n+]1ccc2c(c1)CCc1c-2nn(CCCC#N)c1C(=O)OCC. The molecule has 0 N–H and O–H groups in total. The average molecular weight is 496 g/mol. The highest BCUT2D eigenvalue weighted by Gasteiger charge is 2.30. The number of unbranched alkanes of at least 4 members (excludes halogenated alkanes) is 1. The fourth-order valence-corrected chi connectivity index (χ4v) is 3.60.